The van der Waals surface area contributed by atoms with Gasteiger partial charge in [0.1, 0.15) is 11.5 Å². The summed E-state index contributed by atoms with van der Waals surface area (Å²) in [5.41, 5.74) is 4.24. The van der Waals surface area contributed by atoms with E-state index in [-0.39, 0.29) is 17.8 Å². The zero-order chi connectivity index (χ0) is 25.6. The van der Waals surface area contributed by atoms with Crippen LogP contribution in [0.1, 0.15) is 28.5 Å². The first kappa shape index (κ1) is 24.8. The highest BCUT2D eigenvalue weighted by Crippen LogP contribution is 2.35. The van der Waals surface area contributed by atoms with E-state index in [1.165, 1.54) is 12.7 Å². The van der Waals surface area contributed by atoms with Gasteiger partial charge in [0.2, 0.25) is 5.89 Å². The maximum absolute atomic E-state index is 12.6. The van der Waals surface area contributed by atoms with E-state index < -0.39 is 0 Å². The Hall–Kier alpha value is -3.90. The lowest BCUT2D eigenvalue weighted by molar-refractivity contribution is -0.145. The van der Waals surface area contributed by atoms with Crippen LogP contribution in [0.15, 0.2) is 89.3 Å². The fourth-order valence-corrected chi connectivity index (χ4v) is 5.02. The lowest BCUT2D eigenvalue weighted by Crippen LogP contribution is -2.24. The standard InChI is InChI=1S/C31H32N2O4/c1-22-29(32-30(37-22)25-11-7-4-8-12-25)17-18-36-26-15-13-24(14-16-26)27-20-33(21-28(27)31(34)35-2)19-23-9-5-3-6-10-23/h3-16,27-28H,17-21H2,1-2H3/t27-,28-/m1/s1. The molecule has 0 saturated carbocycles. The SMILES string of the molecule is COC(=O)[C@@H]1CN(Cc2ccccc2)C[C@@H]1c1ccc(OCCc2nc(-c3ccccc3)oc2C)cc1. The van der Waals surface area contributed by atoms with Crippen LogP contribution in [-0.4, -0.2) is 42.7 Å². The number of ether oxygens (including phenoxy) is 2. The van der Waals surface area contributed by atoms with Crippen LogP contribution in [0.5, 0.6) is 5.75 Å². The Balaban J connectivity index is 1.20. The fraction of sp³-hybridized carbons (Fsp3) is 0.290. The van der Waals surface area contributed by atoms with Gasteiger partial charge < -0.3 is 13.9 Å². The fourth-order valence-electron chi connectivity index (χ4n) is 5.02. The molecule has 3 aromatic carbocycles. The number of benzene rings is 3. The Morgan fingerprint density at radius 1 is 0.973 bits per heavy atom. The van der Waals surface area contributed by atoms with Gasteiger partial charge >= 0.3 is 5.97 Å². The second-order valence-corrected chi connectivity index (χ2v) is 9.47. The molecule has 0 unspecified atom stereocenters. The van der Waals surface area contributed by atoms with Crippen molar-refractivity contribution in [2.45, 2.75) is 25.8 Å². The van der Waals surface area contributed by atoms with Crippen molar-refractivity contribution < 1.29 is 18.7 Å². The van der Waals surface area contributed by atoms with Crippen molar-refractivity contribution in [2.75, 3.05) is 26.8 Å². The molecule has 1 fully saturated rings. The normalized spacial score (nSPS) is 17.6. The quantitative estimate of drug-likeness (QED) is 0.279. The molecule has 0 spiro atoms. The third kappa shape index (κ3) is 5.92. The lowest BCUT2D eigenvalue weighted by Gasteiger charge is -2.17. The van der Waals surface area contributed by atoms with Crippen LogP contribution < -0.4 is 4.74 Å². The Bertz CT molecular complexity index is 1300. The molecule has 1 aliphatic rings. The number of hydrogen-bond donors (Lipinski definition) is 0. The summed E-state index contributed by atoms with van der Waals surface area (Å²) in [6.07, 6.45) is 0.658. The first-order chi connectivity index (χ1) is 18.1. The maximum Gasteiger partial charge on any atom is 0.310 e. The van der Waals surface area contributed by atoms with Gasteiger partial charge in [-0.25, -0.2) is 4.98 Å². The second-order valence-electron chi connectivity index (χ2n) is 9.47. The number of oxazole rings is 1. The number of hydrogen-bond acceptors (Lipinski definition) is 6. The first-order valence-electron chi connectivity index (χ1n) is 12.7. The molecule has 1 aliphatic heterocycles. The van der Waals surface area contributed by atoms with Gasteiger partial charge in [-0.1, -0.05) is 60.7 Å². The van der Waals surface area contributed by atoms with Crippen LogP contribution in [0.4, 0.5) is 0 Å². The van der Waals surface area contributed by atoms with Crippen molar-refractivity contribution in [2.24, 2.45) is 5.92 Å². The number of aromatic nitrogens is 1. The topological polar surface area (TPSA) is 64.8 Å². The van der Waals surface area contributed by atoms with Crippen molar-refractivity contribution >= 4 is 5.97 Å². The summed E-state index contributed by atoms with van der Waals surface area (Å²) >= 11 is 0. The smallest absolute Gasteiger partial charge is 0.310 e. The average molecular weight is 497 g/mol. The number of methoxy groups -OCH3 is 1. The summed E-state index contributed by atoms with van der Waals surface area (Å²) in [5.74, 6) is 1.98. The van der Waals surface area contributed by atoms with E-state index in [0.29, 0.717) is 25.5 Å². The van der Waals surface area contributed by atoms with Crippen LogP contribution in [-0.2, 0) is 22.5 Å². The van der Waals surface area contributed by atoms with Crippen LogP contribution in [0.25, 0.3) is 11.5 Å². The number of carbonyl (C=O) groups is 1. The van der Waals surface area contributed by atoms with Crippen molar-refractivity contribution in [3.8, 4) is 17.2 Å². The van der Waals surface area contributed by atoms with E-state index in [2.05, 4.69) is 34.1 Å². The summed E-state index contributed by atoms with van der Waals surface area (Å²) < 4.78 is 17.0. The molecule has 190 valence electrons. The van der Waals surface area contributed by atoms with E-state index in [4.69, 9.17) is 13.9 Å². The second kappa shape index (κ2) is 11.4. The van der Waals surface area contributed by atoms with Crippen LogP contribution >= 0.6 is 0 Å². The van der Waals surface area contributed by atoms with Gasteiger partial charge in [0.25, 0.3) is 0 Å². The Labute approximate surface area is 217 Å². The number of esters is 1. The van der Waals surface area contributed by atoms with Gasteiger partial charge in [-0.2, -0.15) is 0 Å². The zero-order valence-corrected chi connectivity index (χ0v) is 21.3. The molecule has 37 heavy (non-hydrogen) atoms. The van der Waals surface area contributed by atoms with Gasteiger partial charge in [0.05, 0.1) is 25.3 Å². The summed E-state index contributed by atoms with van der Waals surface area (Å²) in [6.45, 7) is 4.75. The number of aryl methyl sites for hydroxylation is 1. The maximum atomic E-state index is 12.6. The van der Waals surface area contributed by atoms with E-state index >= 15 is 0 Å². The average Bonchev–Trinajstić information content (AvgIpc) is 3.53. The highest BCUT2D eigenvalue weighted by atomic mass is 16.5. The third-order valence-electron chi connectivity index (χ3n) is 6.98. The molecule has 2 atom stereocenters. The minimum atomic E-state index is -0.186. The minimum absolute atomic E-state index is 0.0828. The highest BCUT2D eigenvalue weighted by molar-refractivity contribution is 5.74. The van der Waals surface area contributed by atoms with Crippen molar-refractivity contribution in [1.29, 1.82) is 0 Å². The van der Waals surface area contributed by atoms with Gasteiger partial charge in [0.15, 0.2) is 0 Å². The van der Waals surface area contributed by atoms with Crippen molar-refractivity contribution in [1.82, 2.24) is 9.88 Å². The van der Waals surface area contributed by atoms with Crippen LogP contribution in [0.3, 0.4) is 0 Å². The third-order valence-corrected chi connectivity index (χ3v) is 6.98. The van der Waals surface area contributed by atoms with E-state index in [1.807, 2.05) is 67.6 Å². The Kier molecular flexibility index (Phi) is 7.66. The molecule has 4 aromatic rings. The molecule has 0 bridgehead atoms. The zero-order valence-electron chi connectivity index (χ0n) is 21.3. The molecular weight excluding hydrogens is 464 g/mol. The number of carbonyl (C=O) groups excluding carboxylic acids is 1. The monoisotopic (exact) mass is 496 g/mol. The molecule has 6 nitrogen and oxygen atoms in total. The molecule has 0 aliphatic carbocycles. The Morgan fingerprint density at radius 3 is 2.38 bits per heavy atom. The first-order valence-corrected chi connectivity index (χ1v) is 12.7. The van der Waals surface area contributed by atoms with Gasteiger partial charge in [-0.3, -0.25) is 9.69 Å². The molecule has 0 N–H and O–H groups in total. The molecule has 2 heterocycles. The van der Waals surface area contributed by atoms with Crippen molar-refractivity contribution in [3.63, 3.8) is 0 Å². The largest absolute Gasteiger partial charge is 0.493 e. The molecular formula is C31H32N2O4. The highest BCUT2D eigenvalue weighted by Gasteiger charge is 2.39. The molecule has 0 amide bonds. The van der Waals surface area contributed by atoms with Gasteiger partial charge in [-0.15, -0.1) is 0 Å². The molecule has 1 saturated heterocycles. The molecule has 5 rings (SSSR count). The summed E-state index contributed by atoms with van der Waals surface area (Å²) in [4.78, 5) is 19.6. The van der Waals surface area contributed by atoms with Crippen molar-refractivity contribution in [3.05, 3.63) is 108 Å². The van der Waals surface area contributed by atoms with Crippen LogP contribution in [0.2, 0.25) is 0 Å². The van der Waals surface area contributed by atoms with Crippen LogP contribution in [0, 0.1) is 12.8 Å². The summed E-state index contributed by atoms with van der Waals surface area (Å²) in [6, 6.07) is 28.3. The van der Waals surface area contributed by atoms with E-state index in [1.54, 1.807) is 0 Å². The number of likely N-dealkylation sites (tertiary alicyclic amines) is 1. The lowest BCUT2D eigenvalue weighted by atomic mass is 9.89. The minimum Gasteiger partial charge on any atom is -0.493 e. The predicted octanol–water partition coefficient (Wildman–Crippen LogP) is 5.66. The van der Waals surface area contributed by atoms with E-state index in [9.17, 15) is 4.79 Å². The Morgan fingerprint density at radius 2 is 1.68 bits per heavy atom. The van der Waals surface area contributed by atoms with Gasteiger partial charge in [-0.05, 0) is 42.3 Å². The summed E-state index contributed by atoms with van der Waals surface area (Å²) in [5, 5.41) is 0. The van der Waals surface area contributed by atoms with Gasteiger partial charge in [0, 0.05) is 37.5 Å². The number of nitrogens with zero attached hydrogens (tertiary/aromatic N) is 2. The number of rotatable bonds is 9. The molecule has 6 heteroatoms. The molecule has 0 radical (unpaired) electrons. The molecule has 1 aromatic heterocycles. The predicted molar refractivity (Wildman–Crippen MR) is 142 cm³/mol. The van der Waals surface area contributed by atoms with E-state index in [0.717, 1.165) is 41.4 Å². The summed E-state index contributed by atoms with van der Waals surface area (Å²) in [7, 11) is 1.47.